The highest BCUT2D eigenvalue weighted by Gasteiger charge is 2.25. The highest BCUT2D eigenvalue weighted by molar-refractivity contribution is 7.09. The van der Waals surface area contributed by atoms with Crippen molar-refractivity contribution in [3.05, 3.63) is 34.5 Å². The summed E-state index contributed by atoms with van der Waals surface area (Å²) in [5.74, 6) is -1.50. The summed E-state index contributed by atoms with van der Waals surface area (Å²) < 4.78 is 42.1. The molecule has 0 aliphatic carbocycles. The van der Waals surface area contributed by atoms with E-state index in [-0.39, 0.29) is 5.69 Å². The largest absolute Gasteiger partial charge is 0.432 e. The smallest absolute Gasteiger partial charge is 0.387 e. The van der Waals surface area contributed by atoms with Crippen LogP contribution in [0.1, 0.15) is 18.9 Å². The highest BCUT2D eigenvalue weighted by atomic mass is 32.1. The molecule has 4 nitrogen and oxygen atoms in total. The Morgan fingerprint density at radius 3 is 2.67 bits per heavy atom. The Bertz CT molecular complexity index is 617. The number of ether oxygens (including phenoxy) is 1. The molecule has 0 aliphatic rings. The minimum Gasteiger partial charge on any atom is -0.432 e. The molecule has 21 heavy (non-hydrogen) atoms. The van der Waals surface area contributed by atoms with Crippen molar-refractivity contribution in [3.8, 4) is 5.75 Å². The fourth-order valence-electron chi connectivity index (χ4n) is 1.79. The van der Waals surface area contributed by atoms with E-state index >= 15 is 0 Å². The molecular formula is C13H14F3N3OS. The number of hydrogen-bond acceptors (Lipinski definition) is 5. The molecule has 0 spiro atoms. The van der Waals surface area contributed by atoms with Gasteiger partial charge in [0.2, 0.25) is 0 Å². The average Bonchev–Trinajstić information content (AvgIpc) is 2.89. The molecule has 1 aromatic carbocycles. The first kappa shape index (κ1) is 15.4. The molecule has 0 saturated carbocycles. The van der Waals surface area contributed by atoms with Gasteiger partial charge < -0.3 is 15.8 Å². The van der Waals surface area contributed by atoms with Crippen molar-refractivity contribution in [3.63, 3.8) is 0 Å². The Hall–Kier alpha value is -1.96. The minimum atomic E-state index is -3.11. The van der Waals surface area contributed by atoms with Crippen LogP contribution in [0.3, 0.4) is 0 Å². The lowest BCUT2D eigenvalue weighted by Gasteiger charge is -2.26. The van der Waals surface area contributed by atoms with E-state index in [0.29, 0.717) is 5.69 Å². The van der Waals surface area contributed by atoms with Crippen molar-refractivity contribution in [2.45, 2.75) is 26.0 Å². The Labute approximate surface area is 123 Å². The van der Waals surface area contributed by atoms with Gasteiger partial charge in [-0.05, 0) is 13.8 Å². The van der Waals surface area contributed by atoms with Crippen LogP contribution in [0.5, 0.6) is 5.75 Å². The summed E-state index contributed by atoms with van der Waals surface area (Å²) in [6, 6.07) is 2.06. The number of alkyl halides is 2. The van der Waals surface area contributed by atoms with Crippen molar-refractivity contribution in [1.82, 2.24) is 4.98 Å². The molecule has 1 heterocycles. The molecule has 0 radical (unpaired) electrons. The topological polar surface area (TPSA) is 60.2 Å². The van der Waals surface area contributed by atoms with Gasteiger partial charge in [-0.1, -0.05) is 0 Å². The van der Waals surface area contributed by atoms with Gasteiger partial charge in [0, 0.05) is 23.7 Å². The number of aromatic nitrogens is 1. The van der Waals surface area contributed by atoms with E-state index in [1.165, 1.54) is 11.3 Å². The number of nitrogen functional groups attached to an aromatic ring is 1. The lowest BCUT2D eigenvalue weighted by atomic mass is 10.1. The van der Waals surface area contributed by atoms with Crippen LogP contribution in [0.25, 0.3) is 0 Å². The summed E-state index contributed by atoms with van der Waals surface area (Å²) in [6.45, 7) is 0.591. The second-order valence-electron chi connectivity index (χ2n) is 4.84. The molecule has 0 unspecified atom stereocenters. The molecule has 1 aromatic heterocycles. The molecule has 8 heteroatoms. The van der Waals surface area contributed by atoms with Gasteiger partial charge in [0.1, 0.15) is 5.01 Å². The van der Waals surface area contributed by atoms with Crippen LogP contribution in [-0.2, 0) is 5.54 Å². The predicted molar refractivity (Wildman–Crippen MR) is 76.2 cm³/mol. The zero-order valence-corrected chi connectivity index (χ0v) is 12.2. The highest BCUT2D eigenvalue weighted by Crippen LogP contribution is 2.34. The summed E-state index contributed by atoms with van der Waals surface area (Å²) >= 11 is 1.43. The van der Waals surface area contributed by atoms with E-state index < -0.39 is 23.7 Å². The quantitative estimate of drug-likeness (QED) is 0.823. The van der Waals surface area contributed by atoms with Gasteiger partial charge >= 0.3 is 6.61 Å². The first-order valence-corrected chi connectivity index (χ1v) is 6.89. The Balaban J connectivity index is 2.31. The first-order valence-electron chi connectivity index (χ1n) is 6.01. The third-order valence-corrected chi connectivity index (χ3v) is 3.83. The van der Waals surface area contributed by atoms with Crippen LogP contribution in [-0.4, -0.2) is 11.6 Å². The number of hydrogen-bond donors (Lipinski definition) is 2. The molecule has 114 valence electrons. The minimum absolute atomic E-state index is 0.0961. The molecule has 0 atom stereocenters. The fraction of sp³-hybridized carbons (Fsp3) is 0.308. The third kappa shape index (κ3) is 3.57. The van der Waals surface area contributed by atoms with E-state index in [2.05, 4.69) is 15.0 Å². The van der Waals surface area contributed by atoms with Crippen LogP contribution in [0.2, 0.25) is 0 Å². The number of anilines is 2. The van der Waals surface area contributed by atoms with Crippen molar-refractivity contribution >= 4 is 22.7 Å². The van der Waals surface area contributed by atoms with Crippen molar-refractivity contribution in [2.75, 3.05) is 11.1 Å². The van der Waals surface area contributed by atoms with Gasteiger partial charge in [-0.25, -0.2) is 9.37 Å². The number of rotatable bonds is 5. The molecule has 2 rings (SSSR count). The Morgan fingerprint density at radius 2 is 2.10 bits per heavy atom. The van der Waals surface area contributed by atoms with E-state index in [0.717, 1.165) is 17.1 Å². The van der Waals surface area contributed by atoms with E-state index in [4.69, 9.17) is 5.73 Å². The Kier molecular flexibility index (Phi) is 4.26. The van der Waals surface area contributed by atoms with Gasteiger partial charge in [0.05, 0.1) is 16.9 Å². The van der Waals surface area contributed by atoms with Crippen molar-refractivity contribution < 1.29 is 17.9 Å². The molecule has 3 N–H and O–H groups in total. The Morgan fingerprint density at radius 1 is 1.38 bits per heavy atom. The number of nitrogens with one attached hydrogen (secondary N) is 1. The van der Waals surface area contributed by atoms with Gasteiger partial charge in [0.15, 0.2) is 11.6 Å². The third-order valence-electron chi connectivity index (χ3n) is 2.73. The summed E-state index contributed by atoms with van der Waals surface area (Å²) in [6.07, 6.45) is 1.66. The predicted octanol–water partition coefficient (Wildman–Crippen LogP) is 3.81. The maximum absolute atomic E-state index is 13.5. The maximum Gasteiger partial charge on any atom is 0.387 e. The first-order chi connectivity index (χ1) is 9.79. The van der Waals surface area contributed by atoms with E-state index in [9.17, 15) is 13.2 Å². The number of nitrogens with two attached hydrogens (primary N) is 1. The van der Waals surface area contributed by atoms with Crippen LogP contribution in [0, 0.1) is 5.82 Å². The molecule has 0 bridgehead atoms. The van der Waals surface area contributed by atoms with Gasteiger partial charge in [-0.2, -0.15) is 8.78 Å². The lowest BCUT2D eigenvalue weighted by molar-refractivity contribution is -0.0521. The van der Waals surface area contributed by atoms with E-state index in [1.54, 1.807) is 6.20 Å². The summed E-state index contributed by atoms with van der Waals surface area (Å²) in [5.41, 5.74) is 5.52. The second kappa shape index (κ2) is 5.80. The SMILES string of the molecule is CC(C)(Nc1cc(OC(F)F)c(F)cc1N)c1nccs1. The number of halogens is 3. The molecule has 0 fully saturated rings. The van der Waals surface area contributed by atoms with Crippen LogP contribution in [0.15, 0.2) is 23.7 Å². The number of thiazole rings is 1. The monoisotopic (exact) mass is 317 g/mol. The normalized spacial score (nSPS) is 11.7. The van der Waals surface area contributed by atoms with Gasteiger partial charge in [-0.15, -0.1) is 11.3 Å². The summed E-state index contributed by atoms with van der Waals surface area (Å²) in [5, 5.41) is 5.66. The molecule has 0 amide bonds. The number of benzene rings is 1. The maximum atomic E-state index is 13.5. The fourth-order valence-corrected chi connectivity index (χ4v) is 2.50. The van der Waals surface area contributed by atoms with E-state index in [1.807, 2.05) is 19.2 Å². The van der Waals surface area contributed by atoms with Gasteiger partial charge in [0.25, 0.3) is 0 Å². The number of nitrogens with zero attached hydrogens (tertiary/aromatic N) is 1. The molecular weight excluding hydrogens is 303 g/mol. The summed E-state index contributed by atoms with van der Waals surface area (Å²) in [7, 11) is 0. The standard InChI is InChI=1S/C13H14F3N3OS/c1-13(2,11-18-3-4-21-11)19-9-6-10(20-12(15)16)7(14)5-8(9)17/h3-6,12,19H,17H2,1-2H3. The second-order valence-corrected chi connectivity index (χ2v) is 5.73. The molecule has 0 aliphatic heterocycles. The van der Waals surface area contributed by atoms with Crippen molar-refractivity contribution in [1.29, 1.82) is 0 Å². The lowest BCUT2D eigenvalue weighted by Crippen LogP contribution is -2.28. The van der Waals surface area contributed by atoms with Gasteiger partial charge in [-0.3, -0.25) is 0 Å². The van der Waals surface area contributed by atoms with Crippen molar-refractivity contribution in [2.24, 2.45) is 0 Å². The van der Waals surface area contributed by atoms with Crippen LogP contribution >= 0.6 is 11.3 Å². The zero-order valence-electron chi connectivity index (χ0n) is 11.4. The molecule has 0 saturated heterocycles. The van der Waals surface area contributed by atoms with Crippen LogP contribution in [0.4, 0.5) is 24.5 Å². The average molecular weight is 317 g/mol. The summed E-state index contributed by atoms with van der Waals surface area (Å²) in [4.78, 5) is 4.19. The zero-order chi connectivity index (χ0) is 15.6. The van der Waals surface area contributed by atoms with Crippen LogP contribution < -0.4 is 15.8 Å². The molecule has 2 aromatic rings.